The molecule has 3 heteroatoms. The molecule has 0 saturated carbocycles. The molecule has 0 aromatic heterocycles. The van der Waals surface area contributed by atoms with Gasteiger partial charge in [0.15, 0.2) is 0 Å². The Kier molecular flexibility index (Phi) is 5.94. The van der Waals surface area contributed by atoms with E-state index in [-0.39, 0.29) is 11.9 Å². The molecule has 2 aromatic rings. The number of nitrogens with two attached hydrogens (primary N) is 1. The number of hydrogen-bond donors (Lipinski definition) is 2. The quantitative estimate of drug-likeness (QED) is 0.850. The molecule has 0 spiro atoms. The number of rotatable bonds is 6. The van der Waals surface area contributed by atoms with Crippen LogP contribution in [0.25, 0.3) is 0 Å². The van der Waals surface area contributed by atoms with Crippen molar-refractivity contribution < 1.29 is 4.79 Å². The fourth-order valence-corrected chi connectivity index (χ4v) is 2.58. The number of carbonyl (C=O) groups excluding carboxylic acids is 1. The van der Waals surface area contributed by atoms with Gasteiger partial charge in [-0.1, -0.05) is 30.3 Å². The van der Waals surface area contributed by atoms with Crippen molar-refractivity contribution in [2.45, 2.75) is 46.1 Å². The largest absolute Gasteiger partial charge is 0.327 e. The Morgan fingerprint density at radius 3 is 2.48 bits per heavy atom. The fourth-order valence-electron chi connectivity index (χ4n) is 2.58. The summed E-state index contributed by atoms with van der Waals surface area (Å²) in [7, 11) is 0. The van der Waals surface area contributed by atoms with E-state index >= 15 is 0 Å². The van der Waals surface area contributed by atoms with Gasteiger partial charge in [0.05, 0.1) is 0 Å². The Morgan fingerprint density at radius 1 is 1.04 bits per heavy atom. The molecule has 3 nitrogen and oxygen atoms in total. The number of benzene rings is 2. The van der Waals surface area contributed by atoms with E-state index in [0.29, 0.717) is 12.8 Å². The highest BCUT2D eigenvalue weighted by Gasteiger charge is 2.10. The molecule has 1 unspecified atom stereocenters. The van der Waals surface area contributed by atoms with Crippen LogP contribution in [0.1, 0.15) is 35.1 Å². The van der Waals surface area contributed by atoms with Crippen molar-refractivity contribution in [1.29, 1.82) is 0 Å². The first kappa shape index (κ1) is 17.2. The molecule has 122 valence electrons. The van der Waals surface area contributed by atoms with E-state index < -0.39 is 0 Å². The van der Waals surface area contributed by atoms with Crippen LogP contribution in [0.3, 0.4) is 0 Å². The van der Waals surface area contributed by atoms with Gasteiger partial charge in [0.2, 0.25) is 5.91 Å². The maximum Gasteiger partial charge on any atom is 0.224 e. The minimum atomic E-state index is 0.00149. The molecule has 0 aliphatic heterocycles. The molecule has 0 aliphatic rings. The number of carbonyl (C=O) groups is 1. The van der Waals surface area contributed by atoms with Crippen LogP contribution in [-0.4, -0.2) is 11.9 Å². The Labute approximate surface area is 138 Å². The highest BCUT2D eigenvalue weighted by Crippen LogP contribution is 2.15. The van der Waals surface area contributed by atoms with Crippen molar-refractivity contribution in [3.8, 4) is 0 Å². The molecule has 2 rings (SSSR count). The number of nitrogens with one attached hydrogen (secondary N) is 1. The summed E-state index contributed by atoms with van der Waals surface area (Å²) in [5.41, 5.74) is 11.9. The topological polar surface area (TPSA) is 55.1 Å². The molecular weight excluding hydrogens is 284 g/mol. The van der Waals surface area contributed by atoms with Crippen LogP contribution < -0.4 is 11.1 Å². The standard InChI is InChI=1S/C20H26N2O/c1-14-8-10-19(12-16(14)3)22-20(23)11-9-18(21)13-17-7-5-4-6-15(17)2/h4-8,10,12,18H,9,11,13,21H2,1-3H3,(H,22,23). The van der Waals surface area contributed by atoms with Gasteiger partial charge < -0.3 is 11.1 Å². The molecule has 0 fully saturated rings. The molecule has 0 aliphatic carbocycles. The third-order valence-electron chi connectivity index (χ3n) is 4.28. The average molecular weight is 310 g/mol. The lowest BCUT2D eigenvalue weighted by atomic mass is 9.99. The van der Waals surface area contributed by atoms with Crippen molar-refractivity contribution in [2.24, 2.45) is 5.73 Å². The Morgan fingerprint density at radius 2 is 1.78 bits per heavy atom. The highest BCUT2D eigenvalue weighted by atomic mass is 16.1. The van der Waals surface area contributed by atoms with Gasteiger partial charge in [-0.3, -0.25) is 4.79 Å². The lowest BCUT2D eigenvalue weighted by molar-refractivity contribution is -0.116. The number of aryl methyl sites for hydroxylation is 3. The van der Waals surface area contributed by atoms with Gasteiger partial charge in [0, 0.05) is 18.2 Å². The zero-order valence-corrected chi connectivity index (χ0v) is 14.2. The van der Waals surface area contributed by atoms with E-state index in [1.54, 1.807) is 0 Å². The summed E-state index contributed by atoms with van der Waals surface area (Å²) in [6, 6.07) is 14.2. The van der Waals surface area contributed by atoms with E-state index in [4.69, 9.17) is 5.73 Å². The van der Waals surface area contributed by atoms with Gasteiger partial charge in [-0.05, 0) is 68.0 Å². The van der Waals surface area contributed by atoms with E-state index in [1.165, 1.54) is 22.3 Å². The van der Waals surface area contributed by atoms with Crippen molar-refractivity contribution >= 4 is 11.6 Å². The molecule has 1 atom stereocenters. The average Bonchev–Trinajstić information content (AvgIpc) is 2.51. The van der Waals surface area contributed by atoms with Gasteiger partial charge >= 0.3 is 0 Å². The second-order valence-corrected chi connectivity index (χ2v) is 6.28. The first-order valence-corrected chi connectivity index (χ1v) is 8.13. The molecule has 3 N–H and O–H groups in total. The van der Waals surface area contributed by atoms with Crippen LogP contribution in [0.4, 0.5) is 5.69 Å². The van der Waals surface area contributed by atoms with Crippen LogP contribution >= 0.6 is 0 Å². The highest BCUT2D eigenvalue weighted by molar-refractivity contribution is 5.90. The Balaban J connectivity index is 1.81. The number of anilines is 1. The third kappa shape index (κ3) is 5.22. The lowest BCUT2D eigenvalue weighted by Crippen LogP contribution is -2.25. The summed E-state index contributed by atoms with van der Waals surface area (Å²) in [6.07, 6.45) is 1.94. The van der Waals surface area contributed by atoms with Crippen molar-refractivity contribution in [1.82, 2.24) is 0 Å². The molecule has 23 heavy (non-hydrogen) atoms. The first-order chi connectivity index (χ1) is 11.0. The fraction of sp³-hybridized carbons (Fsp3) is 0.350. The molecule has 0 saturated heterocycles. The van der Waals surface area contributed by atoms with Gasteiger partial charge in [-0.15, -0.1) is 0 Å². The minimum Gasteiger partial charge on any atom is -0.327 e. The molecule has 0 heterocycles. The van der Waals surface area contributed by atoms with Crippen LogP contribution in [0, 0.1) is 20.8 Å². The summed E-state index contributed by atoms with van der Waals surface area (Å²) >= 11 is 0. The van der Waals surface area contributed by atoms with E-state index in [2.05, 4.69) is 31.3 Å². The predicted molar refractivity (Wildman–Crippen MR) is 96.6 cm³/mol. The van der Waals surface area contributed by atoms with Gasteiger partial charge in [-0.25, -0.2) is 0 Å². The maximum absolute atomic E-state index is 12.1. The van der Waals surface area contributed by atoms with Gasteiger partial charge in [-0.2, -0.15) is 0 Å². The second kappa shape index (κ2) is 7.93. The molecular formula is C20H26N2O. The second-order valence-electron chi connectivity index (χ2n) is 6.28. The zero-order valence-electron chi connectivity index (χ0n) is 14.2. The Bertz CT molecular complexity index is 679. The number of hydrogen-bond acceptors (Lipinski definition) is 2. The SMILES string of the molecule is Cc1ccc(NC(=O)CCC(N)Cc2ccccc2C)cc1C. The van der Waals surface area contributed by atoms with Crippen molar-refractivity contribution in [3.63, 3.8) is 0 Å². The molecule has 1 amide bonds. The van der Waals surface area contributed by atoms with Crippen molar-refractivity contribution in [2.75, 3.05) is 5.32 Å². The normalized spacial score (nSPS) is 12.0. The third-order valence-corrected chi connectivity index (χ3v) is 4.28. The monoisotopic (exact) mass is 310 g/mol. The summed E-state index contributed by atoms with van der Waals surface area (Å²) in [6.45, 7) is 6.20. The Hall–Kier alpha value is -2.13. The maximum atomic E-state index is 12.1. The predicted octanol–water partition coefficient (Wildman–Crippen LogP) is 3.90. The van der Waals surface area contributed by atoms with Crippen LogP contribution in [-0.2, 0) is 11.2 Å². The number of amides is 1. The van der Waals surface area contributed by atoms with Crippen molar-refractivity contribution in [3.05, 3.63) is 64.7 Å². The van der Waals surface area contributed by atoms with Gasteiger partial charge in [0.25, 0.3) is 0 Å². The van der Waals surface area contributed by atoms with E-state index in [9.17, 15) is 4.79 Å². The summed E-state index contributed by atoms with van der Waals surface area (Å²) in [5, 5.41) is 2.95. The lowest BCUT2D eigenvalue weighted by Gasteiger charge is -2.13. The molecule has 0 radical (unpaired) electrons. The van der Waals surface area contributed by atoms with Gasteiger partial charge in [0.1, 0.15) is 0 Å². The summed E-state index contributed by atoms with van der Waals surface area (Å²) in [5.74, 6) is 0.0217. The molecule has 2 aromatic carbocycles. The van der Waals surface area contributed by atoms with Crippen LogP contribution in [0.5, 0.6) is 0 Å². The smallest absolute Gasteiger partial charge is 0.224 e. The summed E-state index contributed by atoms with van der Waals surface area (Å²) < 4.78 is 0. The minimum absolute atomic E-state index is 0.00149. The van der Waals surface area contributed by atoms with Crippen LogP contribution in [0.15, 0.2) is 42.5 Å². The zero-order chi connectivity index (χ0) is 16.8. The van der Waals surface area contributed by atoms with Crippen LogP contribution in [0.2, 0.25) is 0 Å². The van der Waals surface area contributed by atoms with E-state index in [0.717, 1.165) is 12.1 Å². The summed E-state index contributed by atoms with van der Waals surface area (Å²) in [4.78, 5) is 12.1. The molecule has 0 bridgehead atoms. The van der Waals surface area contributed by atoms with E-state index in [1.807, 2.05) is 37.3 Å². The first-order valence-electron chi connectivity index (χ1n) is 8.13.